The summed E-state index contributed by atoms with van der Waals surface area (Å²) in [6, 6.07) is 25.3. The quantitative estimate of drug-likeness (QED) is 0.263. The van der Waals surface area contributed by atoms with E-state index in [1.165, 1.54) is 0 Å². The lowest BCUT2D eigenvalue weighted by Crippen LogP contribution is -2.70. The van der Waals surface area contributed by atoms with Gasteiger partial charge in [-0.3, -0.25) is 19.2 Å². The Kier molecular flexibility index (Phi) is 8.28. The second-order valence-corrected chi connectivity index (χ2v) is 14.2. The fraction of sp³-hybridized carbons (Fsp3) is 0.417. The number of esters is 1. The van der Waals surface area contributed by atoms with Crippen molar-refractivity contribution in [1.29, 1.82) is 0 Å². The Morgan fingerprint density at radius 1 is 0.938 bits per heavy atom. The number of aliphatic hydroxyl groups excluding tert-OH is 1. The van der Waals surface area contributed by atoms with Gasteiger partial charge in [-0.2, -0.15) is 5.06 Å². The molecule has 4 heterocycles. The van der Waals surface area contributed by atoms with Gasteiger partial charge in [0.05, 0.1) is 13.2 Å². The number of ether oxygens (including phenoxy) is 3. The number of fused-ring (bicyclic) bond motifs is 4. The van der Waals surface area contributed by atoms with E-state index in [2.05, 4.69) is 27.9 Å². The molecule has 8 rings (SSSR count). The molecule has 48 heavy (non-hydrogen) atoms. The van der Waals surface area contributed by atoms with Gasteiger partial charge in [-0.05, 0) is 47.1 Å². The van der Waals surface area contributed by atoms with Crippen LogP contribution in [0.15, 0.2) is 84.9 Å². The average Bonchev–Trinajstić information content (AvgIpc) is 3.85. The highest BCUT2D eigenvalue weighted by Crippen LogP contribution is 2.60. The molecule has 3 aromatic carbocycles. The zero-order chi connectivity index (χ0) is 33.0. The molecule has 11 nitrogen and oxygen atoms in total. The first-order valence-electron chi connectivity index (χ1n) is 16.4. The molecule has 12 heteroatoms. The first kappa shape index (κ1) is 31.8. The molecule has 7 unspecified atom stereocenters. The number of carbonyl (C=O) groups excluding carboxylic acids is 3. The summed E-state index contributed by atoms with van der Waals surface area (Å²) in [5.41, 5.74) is 1.04. The van der Waals surface area contributed by atoms with Crippen molar-refractivity contribution in [2.45, 2.75) is 68.1 Å². The number of nitrogens with zero attached hydrogens (tertiary/aromatic N) is 2. The van der Waals surface area contributed by atoms with E-state index in [4.69, 9.17) is 19.0 Å². The summed E-state index contributed by atoms with van der Waals surface area (Å²) in [4.78, 5) is 51.0. The molecule has 2 amide bonds. The standard InChI is InChI=1S/C36H36IN3O8/c37-25-15-8-7-10-22(25)21-40-30-33(43)45-27-20-35(30,34(44)39-18-9-16-26(39)32(42)38-17-19-41)31(48-40)29-28(27)46-36(47-29,23-11-3-1-4-12-23)24-13-5-2-6-14-24/h1-8,10-15,26-31,41H,9,16-21H2,(H,38,42). The van der Waals surface area contributed by atoms with Gasteiger partial charge in [0.25, 0.3) is 0 Å². The van der Waals surface area contributed by atoms with Crippen LogP contribution in [0.4, 0.5) is 0 Å². The number of halogens is 1. The Morgan fingerprint density at radius 3 is 2.29 bits per heavy atom. The fourth-order valence-corrected chi connectivity index (χ4v) is 8.87. The number of amides is 2. The molecule has 3 aromatic rings. The second kappa shape index (κ2) is 12.5. The van der Waals surface area contributed by atoms with E-state index in [0.29, 0.717) is 19.4 Å². The van der Waals surface area contributed by atoms with Gasteiger partial charge in [0, 0.05) is 34.2 Å². The number of hydroxylamine groups is 2. The maximum absolute atomic E-state index is 15.2. The van der Waals surface area contributed by atoms with Crippen LogP contribution in [0.3, 0.4) is 0 Å². The zero-order valence-corrected chi connectivity index (χ0v) is 28.2. The average molecular weight is 766 g/mol. The predicted octanol–water partition coefficient (Wildman–Crippen LogP) is 2.88. The SMILES string of the molecule is O=C(NCCO)C1CCCN1C(=O)C12CC3OC(=O)C1N(Cc1ccccc1I)OC2C1OC(c2ccccc2)(c2ccccc2)OC31. The third-order valence-corrected chi connectivity index (χ3v) is 11.4. The lowest BCUT2D eigenvalue weighted by atomic mass is 9.62. The lowest BCUT2D eigenvalue weighted by molar-refractivity contribution is -0.214. The molecule has 2 bridgehead atoms. The minimum atomic E-state index is -1.41. The summed E-state index contributed by atoms with van der Waals surface area (Å²) in [5.74, 6) is -2.57. The Bertz CT molecular complexity index is 1670. The van der Waals surface area contributed by atoms with Crippen LogP contribution in [-0.2, 0) is 45.8 Å². The first-order chi connectivity index (χ1) is 23.4. The van der Waals surface area contributed by atoms with Crippen LogP contribution in [0.1, 0.15) is 36.0 Å². The highest BCUT2D eigenvalue weighted by molar-refractivity contribution is 14.1. The minimum absolute atomic E-state index is 0.0880. The molecule has 0 spiro atoms. The van der Waals surface area contributed by atoms with Gasteiger partial charge in [-0.15, -0.1) is 0 Å². The fourth-order valence-electron chi connectivity index (χ4n) is 8.31. The summed E-state index contributed by atoms with van der Waals surface area (Å²) in [6.45, 7) is 0.470. The van der Waals surface area contributed by atoms with E-state index in [0.717, 1.165) is 20.3 Å². The second-order valence-electron chi connectivity index (χ2n) is 13.0. The highest BCUT2D eigenvalue weighted by atomic mass is 127. The van der Waals surface area contributed by atoms with Gasteiger partial charge < -0.3 is 29.5 Å². The molecule has 250 valence electrons. The number of benzene rings is 3. The third kappa shape index (κ3) is 4.90. The number of nitrogens with one attached hydrogen (secondary N) is 1. The van der Waals surface area contributed by atoms with Gasteiger partial charge in [-0.25, -0.2) is 0 Å². The summed E-state index contributed by atoms with van der Waals surface area (Å²) in [7, 11) is 0. The summed E-state index contributed by atoms with van der Waals surface area (Å²) in [6.07, 6.45) is -1.98. The van der Waals surface area contributed by atoms with Crippen LogP contribution >= 0.6 is 22.6 Å². The molecule has 7 atom stereocenters. The van der Waals surface area contributed by atoms with Crippen LogP contribution < -0.4 is 5.32 Å². The van der Waals surface area contributed by atoms with Crippen LogP contribution in [0.5, 0.6) is 0 Å². The van der Waals surface area contributed by atoms with Crippen molar-refractivity contribution in [3.63, 3.8) is 0 Å². The number of rotatable bonds is 8. The van der Waals surface area contributed by atoms with E-state index in [-0.39, 0.29) is 37.9 Å². The highest BCUT2D eigenvalue weighted by Gasteiger charge is 2.77. The molecule has 1 saturated carbocycles. The van der Waals surface area contributed by atoms with Crippen molar-refractivity contribution in [1.82, 2.24) is 15.3 Å². The van der Waals surface area contributed by atoms with Crippen molar-refractivity contribution >= 4 is 40.4 Å². The van der Waals surface area contributed by atoms with Crippen LogP contribution in [0, 0.1) is 8.99 Å². The molecule has 5 fully saturated rings. The number of carbonyl (C=O) groups is 3. The molecule has 4 aliphatic heterocycles. The van der Waals surface area contributed by atoms with Gasteiger partial charge in [-0.1, -0.05) is 78.9 Å². The van der Waals surface area contributed by atoms with Crippen LogP contribution in [0.2, 0.25) is 0 Å². The van der Waals surface area contributed by atoms with E-state index in [1.54, 1.807) is 9.96 Å². The van der Waals surface area contributed by atoms with E-state index < -0.39 is 53.7 Å². The number of hydrogen-bond acceptors (Lipinski definition) is 9. The van der Waals surface area contributed by atoms with Crippen molar-refractivity contribution in [3.05, 3.63) is 105 Å². The summed E-state index contributed by atoms with van der Waals surface area (Å²) in [5, 5.41) is 13.7. The molecule has 1 aliphatic carbocycles. The maximum atomic E-state index is 15.2. The van der Waals surface area contributed by atoms with Crippen LogP contribution in [-0.4, -0.2) is 89.0 Å². The molecule has 0 aromatic heterocycles. The number of aliphatic hydroxyl groups is 1. The Balaban J connectivity index is 1.24. The molecule has 5 aliphatic rings. The molecular weight excluding hydrogens is 729 g/mol. The van der Waals surface area contributed by atoms with Gasteiger partial charge in [0.2, 0.25) is 17.6 Å². The van der Waals surface area contributed by atoms with Crippen molar-refractivity contribution in [2.75, 3.05) is 19.7 Å². The van der Waals surface area contributed by atoms with Crippen LogP contribution in [0.25, 0.3) is 0 Å². The number of likely N-dealkylation sites (tertiary alicyclic amines) is 1. The van der Waals surface area contributed by atoms with E-state index in [1.807, 2.05) is 84.9 Å². The topological polar surface area (TPSA) is 127 Å². The summed E-state index contributed by atoms with van der Waals surface area (Å²) >= 11 is 2.25. The Labute approximate surface area is 291 Å². The normalized spacial score (nSPS) is 31.7. The Morgan fingerprint density at radius 2 is 1.60 bits per heavy atom. The lowest BCUT2D eigenvalue weighted by Gasteiger charge is -2.50. The smallest absolute Gasteiger partial charge is 0.327 e. The monoisotopic (exact) mass is 765 g/mol. The largest absolute Gasteiger partial charge is 0.458 e. The van der Waals surface area contributed by atoms with Crippen molar-refractivity contribution in [3.8, 4) is 0 Å². The molecule has 2 N–H and O–H groups in total. The molecule has 0 radical (unpaired) electrons. The van der Waals surface area contributed by atoms with Gasteiger partial charge in [0.1, 0.15) is 35.9 Å². The minimum Gasteiger partial charge on any atom is -0.458 e. The molecular formula is C36H36IN3O8. The van der Waals surface area contributed by atoms with Gasteiger partial charge in [0.15, 0.2) is 6.04 Å². The maximum Gasteiger partial charge on any atom is 0.327 e. The van der Waals surface area contributed by atoms with Crippen molar-refractivity contribution < 1.29 is 38.5 Å². The molecule has 4 saturated heterocycles. The van der Waals surface area contributed by atoms with E-state index >= 15 is 4.79 Å². The predicted molar refractivity (Wildman–Crippen MR) is 179 cm³/mol. The van der Waals surface area contributed by atoms with Gasteiger partial charge >= 0.3 is 5.97 Å². The third-order valence-electron chi connectivity index (χ3n) is 10.4. The zero-order valence-electron chi connectivity index (χ0n) is 26.1. The Hall–Kier alpha value is -3.40. The van der Waals surface area contributed by atoms with E-state index in [9.17, 15) is 14.7 Å². The van der Waals surface area contributed by atoms with Crippen molar-refractivity contribution in [2.24, 2.45) is 5.41 Å². The summed E-state index contributed by atoms with van der Waals surface area (Å²) < 4.78 is 21.2. The number of hydrogen-bond donors (Lipinski definition) is 2. The first-order valence-corrected chi connectivity index (χ1v) is 17.5.